The van der Waals surface area contributed by atoms with Crippen LogP contribution in [0.1, 0.15) is 30.6 Å². The molecule has 1 rings (SSSR count). The van der Waals surface area contributed by atoms with E-state index in [-0.39, 0.29) is 11.7 Å². The summed E-state index contributed by atoms with van der Waals surface area (Å²) in [6, 6.07) is 5.64. The van der Waals surface area contributed by atoms with Gasteiger partial charge in [0.1, 0.15) is 0 Å². The lowest BCUT2D eigenvalue weighted by atomic mass is 9.97. The molecule has 76 valence electrons. The van der Waals surface area contributed by atoms with Gasteiger partial charge in [0.15, 0.2) is 5.78 Å². The third kappa shape index (κ3) is 2.67. The van der Waals surface area contributed by atoms with Crippen LogP contribution in [0.4, 0.5) is 0 Å². The molecule has 0 heterocycles. The molecule has 3 heteroatoms. The Morgan fingerprint density at radius 1 is 1.43 bits per heavy atom. The Morgan fingerprint density at radius 2 is 2.07 bits per heavy atom. The van der Waals surface area contributed by atoms with Crippen molar-refractivity contribution in [3.05, 3.63) is 32.7 Å². The molecule has 1 atom stereocenters. The summed E-state index contributed by atoms with van der Waals surface area (Å²) in [5.41, 5.74) is 0.766. The highest BCUT2D eigenvalue weighted by Crippen LogP contribution is 2.24. The number of ketones is 1. The standard InChI is InChI=1S/C11H12Br2O/c1-3-7(2)11(14)9-5-4-8(12)6-10(9)13/h4-7H,3H2,1-2H3. The Labute approximate surface area is 101 Å². The van der Waals surface area contributed by atoms with E-state index in [1.54, 1.807) is 0 Å². The molecule has 1 unspecified atom stereocenters. The molecule has 1 aromatic rings. The molecule has 0 N–H and O–H groups in total. The van der Waals surface area contributed by atoms with E-state index in [2.05, 4.69) is 31.9 Å². The number of hydrogen-bond acceptors (Lipinski definition) is 1. The Hall–Kier alpha value is -0.150. The Balaban J connectivity index is 3.02. The lowest BCUT2D eigenvalue weighted by Crippen LogP contribution is -2.10. The summed E-state index contributed by atoms with van der Waals surface area (Å²) >= 11 is 6.75. The van der Waals surface area contributed by atoms with E-state index in [9.17, 15) is 4.79 Å². The van der Waals surface area contributed by atoms with Crippen LogP contribution in [0.15, 0.2) is 27.1 Å². The van der Waals surface area contributed by atoms with Gasteiger partial charge in [-0.15, -0.1) is 0 Å². The van der Waals surface area contributed by atoms with Gasteiger partial charge in [0, 0.05) is 20.4 Å². The van der Waals surface area contributed by atoms with Crippen molar-refractivity contribution >= 4 is 37.6 Å². The van der Waals surface area contributed by atoms with Crippen molar-refractivity contribution in [2.24, 2.45) is 5.92 Å². The Morgan fingerprint density at radius 3 is 2.57 bits per heavy atom. The molecule has 0 saturated heterocycles. The first kappa shape index (κ1) is 11.9. The Bertz CT molecular complexity index is 347. The average molecular weight is 320 g/mol. The van der Waals surface area contributed by atoms with Crippen molar-refractivity contribution in [3.8, 4) is 0 Å². The minimum Gasteiger partial charge on any atom is -0.294 e. The lowest BCUT2D eigenvalue weighted by molar-refractivity contribution is 0.0926. The van der Waals surface area contributed by atoms with Gasteiger partial charge in [-0.05, 0) is 24.6 Å². The summed E-state index contributed by atoms with van der Waals surface area (Å²) in [6.07, 6.45) is 0.876. The van der Waals surface area contributed by atoms with Crippen molar-refractivity contribution in [3.63, 3.8) is 0 Å². The van der Waals surface area contributed by atoms with Crippen LogP contribution >= 0.6 is 31.9 Å². The molecular weight excluding hydrogens is 308 g/mol. The normalized spacial score (nSPS) is 12.6. The number of halogens is 2. The van der Waals surface area contributed by atoms with Crippen LogP contribution in [0.25, 0.3) is 0 Å². The Kier molecular flexibility index (Phi) is 4.32. The zero-order valence-electron chi connectivity index (χ0n) is 8.18. The zero-order valence-corrected chi connectivity index (χ0v) is 11.4. The number of Topliss-reactive ketones (excluding diaryl/α,β-unsaturated/α-hetero) is 1. The van der Waals surface area contributed by atoms with Crippen molar-refractivity contribution in [2.45, 2.75) is 20.3 Å². The average Bonchev–Trinajstić information content (AvgIpc) is 2.15. The van der Waals surface area contributed by atoms with Crippen LogP contribution in [0, 0.1) is 5.92 Å². The number of rotatable bonds is 3. The molecule has 0 fully saturated rings. The van der Waals surface area contributed by atoms with Crippen LogP contribution in [-0.2, 0) is 0 Å². The summed E-state index contributed by atoms with van der Waals surface area (Å²) in [4.78, 5) is 11.9. The van der Waals surface area contributed by atoms with Gasteiger partial charge >= 0.3 is 0 Å². The quantitative estimate of drug-likeness (QED) is 0.753. The highest BCUT2D eigenvalue weighted by molar-refractivity contribution is 9.11. The summed E-state index contributed by atoms with van der Waals surface area (Å²) < 4.78 is 1.84. The first-order valence-electron chi connectivity index (χ1n) is 4.55. The summed E-state index contributed by atoms with van der Waals surface area (Å²) in [5.74, 6) is 0.291. The predicted molar refractivity (Wildman–Crippen MR) is 65.6 cm³/mol. The second-order valence-electron chi connectivity index (χ2n) is 3.30. The molecule has 0 aliphatic heterocycles. The molecule has 1 nitrogen and oxygen atoms in total. The van der Waals surface area contributed by atoms with E-state index in [4.69, 9.17) is 0 Å². The van der Waals surface area contributed by atoms with E-state index >= 15 is 0 Å². The summed E-state index contributed by atoms with van der Waals surface area (Å²) in [6.45, 7) is 3.98. The largest absolute Gasteiger partial charge is 0.294 e. The molecule has 0 saturated carbocycles. The van der Waals surface area contributed by atoms with E-state index in [0.29, 0.717) is 0 Å². The van der Waals surface area contributed by atoms with E-state index in [0.717, 1.165) is 20.9 Å². The maximum absolute atomic E-state index is 11.9. The molecule has 0 aromatic heterocycles. The van der Waals surface area contributed by atoms with E-state index in [1.165, 1.54) is 0 Å². The van der Waals surface area contributed by atoms with E-state index < -0.39 is 0 Å². The summed E-state index contributed by atoms with van der Waals surface area (Å²) in [5, 5.41) is 0. The molecule has 1 aromatic carbocycles. The van der Waals surface area contributed by atoms with Gasteiger partial charge in [-0.2, -0.15) is 0 Å². The maximum Gasteiger partial charge on any atom is 0.166 e. The first-order valence-corrected chi connectivity index (χ1v) is 6.14. The third-order valence-electron chi connectivity index (χ3n) is 2.26. The number of benzene rings is 1. The molecule has 0 spiro atoms. The number of hydrogen-bond donors (Lipinski definition) is 0. The minimum absolute atomic E-state index is 0.0903. The molecule has 14 heavy (non-hydrogen) atoms. The molecule has 0 bridgehead atoms. The fourth-order valence-electron chi connectivity index (χ4n) is 1.14. The van der Waals surface area contributed by atoms with Crippen molar-refractivity contribution in [2.75, 3.05) is 0 Å². The van der Waals surface area contributed by atoms with Gasteiger partial charge in [0.05, 0.1) is 0 Å². The smallest absolute Gasteiger partial charge is 0.166 e. The number of carbonyl (C=O) groups excluding carboxylic acids is 1. The van der Waals surface area contributed by atoms with Crippen LogP contribution in [0.5, 0.6) is 0 Å². The zero-order chi connectivity index (χ0) is 10.7. The van der Waals surface area contributed by atoms with Crippen molar-refractivity contribution in [1.29, 1.82) is 0 Å². The van der Waals surface area contributed by atoms with Gasteiger partial charge in [0.25, 0.3) is 0 Å². The topological polar surface area (TPSA) is 17.1 Å². The summed E-state index contributed by atoms with van der Waals surface area (Å²) in [7, 11) is 0. The fourth-order valence-corrected chi connectivity index (χ4v) is 2.38. The molecular formula is C11H12Br2O. The van der Waals surface area contributed by atoms with Crippen LogP contribution in [0.2, 0.25) is 0 Å². The van der Waals surface area contributed by atoms with Crippen LogP contribution in [0.3, 0.4) is 0 Å². The fraction of sp³-hybridized carbons (Fsp3) is 0.364. The third-order valence-corrected chi connectivity index (χ3v) is 3.41. The monoisotopic (exact) mass is 318 g/mol. The minimum atomic E-state index is 0.0903. The van der Waals surface area contributed by atoms with Gasteiger partial charge in [0.2, 0.25) is 0 Å². The molecule has 0 aliphatic carbocycles. The second kappa shape index (κ2) is 5.08. The highest BCUT2D eigenvalue weighted by atomic mass is 79.9. The molecule has 0 aliphatic rings. The van der Waals surface area contributed by atoms with Gasteiger partial charge < -0.3 is 0 Å². The number of carbonyl (C=O) groups is 1. The van der Waals surface area contributed by atoms with Crippen LogP contribution in [-0.4, -0.2) is 5.78 Å². The second-order valence-corrected chi connectivity index (χ2v) is 5.07. The van der Waals surface area contributed by atoms with Gasteiger partial charge in [-0.1, -0.05) is 45.7 Å². The van der Waals surface area contributed by atoms with Crippen molar-refractivity contribution in [1.82, 2.24) is 0 Å². The maximum atomic E-state index is 11.9. The van der Waals surface area contributed by atoms with Crippen molar-refractivity contribution < 1.29 is 4.79 Å². The lowest BCUT2D eigenvalue weighted by Gasteiger charge is -2.09. The van der Waals surface area contributed by atoms with E-state index in [1.807, 2.05) is 32.0 Å². The van der Waals surface area contributed by atoms with Crippen LogP contribution < -0.4 is 0 Å². The predicted octanol–water partition coefficient (Wildman–Crippen LogP) is 4.44. The van der Waals surface area contributed by atoms with Gasteiger partial charge in [-0.25, -0.2) is 0 Å². The SMILES string of the molecule is CCC(C)C(=O)c1ccc(Br)cc1Br. The highest BCUT2D eigenvalue weighted by Gasteiger charge is 2.15. The van der Waals surface area contributed by atoms with Gasteiger partial charge in [-0.3, -0.25) is 4.79 Å². The first-order chi connectivity index (χ1) is 6.56. The molecule has 0 radical (unpaired) electrons. The molecule has 0 amide bonds.